The predicted octanol–water partition coefficient (Wildman–Crippen LogP) is 2.25. The summed E-state index contributed by atoms with van der Waals surface area (Å²) in [4.78, 5) is 8.18. The maximum atomic E-state index is 5.27. The van der Waals surface area contributed by atoms with Gasteiger partial charge >= 0.3 is 0 Å². The van der Waals surface area contributed by atoms with E-state index in [1.807, 2.05) is 0 Å². The normalized spacial score (nSPS) is 9.84. The van der Waals surface area contributed by atoms with Gasteiger partial charge in [0, 0.05) is 30.2 Å². The van der Waals surface area contributed by atoms with Gasteiger partial charge < -0.3 is 19.5 Å². The summed E-state index contributed by atoms with van der Waals surface area (Å²) in [5.74, 6) is 2.18. The molecule has 0 aliphatic heterocycles. The van der Waals surface area contributed by atoms with Crippen LogP contribution in [0.1, 0.15) is 0 Å². The lowest BCUT2D eigenvalue weighted by molar-refractivity contribution is 0.324. The SMILES string of the molecule is COc1cc(Nc2ncccn2)cc(OC)c1OC. The average molecular weight is 261 g/mol. The minimum Gasteiger partial charge on any atom is -0.493 e. The Bertz CT molecular complexity index is 521. The summed E-state index contributed by atoms with van der Waals surface area (Å²) in [6.07, 6.45) is 3.32. The number of benzene rings is 1. The van der Waals surface area contributed by atoms with Gasteiger partial charge in [0.05, 0.1) is 21.3 Å². The molecule has 100 valence electrons. The molecule has 0 amide bonds. The number of hydrogen-bond acceptors (Lipinski definition) is 6. The van der Waals surface area contributed by atoms with Crippen molar-refractivity contribution in [1.29, 1.82) is 0 Å². The van der Waals surface area contributed by atoms with Gasteiger partial charge in [-0.3, -0.25) is 0 Å². The highest BCUT2D eigenvalue weighted by molar-refractivity contribution is 5.65. The Morgan fingerprint density at radius 2 is 1.47 bits per heavy atom. The molecule has 2 aromatic rings. The smallest absolute Gasteiger partial charge is 0.227 e. The van der Waals surface area contributed by atoms with Crippen LogP contribution in [0.4, 0.5) is 11.6 Å². The van der Waals surface area contributed by atoms with Crippen molar-refractivity contribution in [3.05, 3.63) is 30.6 Å². The van der Waals surface area contributed by atoms with Crippen molar-refractivity contribution in [3.63, 3.8) is 0 Å². The lowest BCUT2D eigenvalue weighted by Crippen LogP contribution is -1.99. The lowest BCUT2D eigenvalue weighted by Gasteiger charge is -2.14. The van der Waals surface area contributed by atoms with Crippen LogP contribution >= 0.6 is 0 Å². The van der Waals surface area contributed by atoms with E-state index in [2.05, 4.69) is 15.3 Å². The Hall–Kier alpha value is -2.50. The van der Waals surface area contributed by atoms with Gasteiger partial charge in [0.15, 0.2) is 11.5 Å². The standard InChI is InChI=1S/C13H15N3O3/c1-17-10-7-9(8-11(18-2)12(10)19-3)16-13-14-5-4-6-15-13/h4-8H,1-3H3,(H,14,15,16). The number of nitrogens with zero attached hydrogens (tertiary/aromatic N) is 2. The van der Waals surface area contributed by atoms with Crippen molar-refractivity contribution < 1.29 is 14.2 Å². The van der Waals surface area contributed by atoms with Gasteiger partial charge in [-0.05, 0) is 6.07 Å². The van der Waals surface area contributed by atoms with Crippen LogP contribution in [0, 0.1) is 0 Å². The summed E-state index contributed by atoms with van der Waals surface area (Å²) >= 11 is 0. The van der Waals surface area contributed by atoms with Crippen molar-refractivity contribution in [3.8, 4) is 17.2 Å². The molecule has 0 spiro atoms. The summed E-state index contributed by atoms with van der Waals surface area (Å²) in [5.41, 5.74) is 0.751. The summed E-state index contributed by atoms with van der Waals surface area (Å²) in [7, 11) is 4.70. The quantitative estimate of drug-likeness (QED) is 0.890. The van der Waals surface area contributed by atoms with Gasteiger partial charge in [-0.2, -0.15) is 0 Å². The minimum atomic E-state index is 0.497. The first-order chi connectivity index (χ1) is 9.28. The molecule has 6 heteroatoms. The summed E-state index contributed by atoms with van der Waals surface area (Å²) in [5, 5.41) is 3.07. The summed E-state index contributed by atoms with van der Waals surface area (Å²) in [6, 6.07) is 5.33. The molecular formula is C13H15N3O3. The van der Waals surface area contributed by atoms with Crippen molar-refractivity contribution >= 4 is 11.6 Å². The van der Waals surface area contributed by atoms with Crippen LogP contribution < -0.4 is 19.5 Å². The number of nitrogens with one attached hydrogen (secondary N) is 1. The van der Waals surface area contributed by atoms with Crippen molar-refractivity contribution in [2.24, 2.45) is 0 Å². The van der Waals surface area contributed by atoms with E-state index < -0.39 is 0 Å². The largest absolute Gasteiger partial charge is 0.493 e. The van der Waals surface area contributed by atoms with Crippen LogP contribution in [0.3, 0.4) is 0 Å². The van der Waals surface area contributed by atoms with E-state index in [9.17, 15) is 0 Å². The fourth-order valence-corrected chi connectivity index (χ4v) is 1.65. The third-order valence-electron chi connectivity index (χ3n) is 2.49. The molecular weight excluding hydrogens is 246 g/mol. The lowest BCUT2D eigenvalue weighted by atomic mass is 10.2. The second-order valence-electron chi connectivity index (χ2n) is 3.61. The van der Waals surface area contributed by atoms with E-state index in [1.165, 1.54) is 0 Å². The zero-order valence-electron chi connectivity index (χ0n) is 11.0. The van der Waals surface area contributed by atoms with Crippen LogP contribution in [0.5, 0.6) is 17.2 Å². The summed E-state index contributed by atoms with van der Waals surface area (Å²) < 4.78 is 15.8. The first kappa shape index (κ1) is 12.9. The molecule has 1 aromatic carbocycles. The van der Waals surface area contributed by atoms with E-state index in [4.69, 9.17) is 14.2 Å². The zero-order chi connectivity index (χ0) is 13.7. The van der Waals surface area contributed by atoms with Crippen LogP contribution in [-0.4, -0.2) is 31.3 Å². The number of methoxy groups -OCH3 is 3. The number of ether oxygens (including phenoxy) is 3. The van der Waals surface area contributed by atoms with Crippen LogP contribution in [0.15, 0.2) is 30.6 Å². The van der Waals surface area contributed by atoms with E-state index >= 15 is 0 Å². The fraction of sp³-hybridized carbons (Fsp3) is 0.231. The van der Waals surface area contributed by atoms with Gasteiger partial charge in [-0.1, -0.05) is 0 Å². The highest BCUT2D eigenvalue weighted by atomic mass is 16.5. The third-order valence-corrected chi connectivity index (χ3v) is 2.49. The number of hydrogen-bond donors (Lipinski definition) is 1. The van der Waals surface area contributed by atoms with E-state index in [0.717, 1.165) is 5.69 Å². The maximum absolute atomic E-state index is 5.27. The van der Waals surface area contributed by atoms with Crippen LogP contribution in [-0.2, 0) is 0 Å². The van der Waals surface area contributed by atoms with Gasteiger partial charge in [0.25, 0.3) is 0 Å². The van der Waals surface area contributed by atoms with Crippen LogP contribution in [0.25, 0.3) is 0 Å². The molecule has 6 nitrogen and oxygen atoms in total. The molecule has 0 bridgehead atoms. The molecule has 0 aliphatic rings. The number of rotatable bonds is 5. The van der Waals surface area contributed by atoms with Gasteiger partial charge in [0.1, 0.15) is 0 Å². The second kappa shape index (κ2) is 5.90. The van der Waals surface area contributed by atoms with Gasteiger partial charge in [-0.25, -0.2) is 9.97 Å². The van der Waals surface area contributed by atoms with E-state index in [-0.39, 0.29) is 0 Å². The topological polar surface area (TPSA) is 65.5 Å². The first-order valence-electron chi connectivity index (χ1n) is 5.62. The monoisotopic (exact) mass is 261 g/mol. The summed E-state index contributed by atoms with van der Waals surface area (Å²) in [6.45, 7) is 0. The molecule has 0 saturated heterocycles. The predicted molar refractivity (Wildman–Crippen MR) is 71.4 cm³/mol. The molecule has 0 atom stereocenters. The Kier molecular flexibility index (Phi) is 4.02. The minimum absolute atomic E-state index is 0.497. The highest BCUT2D eigenvalue weighted by Gasteiger charge is 2.13. The molecule has 0 aliphatic carbocycles. The van der Waals surface area contributed by atoms with Crippen molar-refractivity contribution in [2.45, 2.75) is 0 Å². The number of aromatic nitrogens is 2. The maximum Gasteiger partial charge on any atom is 0.227 e. The van der Waals surface area contributed by atoms with Gasteiger partial charge in [-0.15, -0.1) is 0 Å². The molecule has 1 heterocycles. The molecule has 19 heavy (non-hydrogen) atoms. The van der Waals surface area contributed by atoms with Crippen molar-refractivity contribution in [2.75, 3.05) is 26.6 Å². The Morgan fingerprint density at radius 3 is 1.95 bits per heavy atom. The molecule has 0 saturated carbocycles. The van der Waals surface area contributed by atoms with E-state index in [1.54, 1.807) is 51.9 Å². The third kappa shape index (κ3) is 2.85. The molecule has 1 N–H and O–H groups in total. The fourth-order valence-electron chi connectivity index (χ4n) is 1.65. The van der Waals surface area contributed by atoms with Crippen LogP contribution in [0.2, 0.25) is 0 Å². The molecule has 2 rings (SSSR count). The molecule has 0 unspecified atom stereocenters. The molecule has 0 radical (unpaired) electrons. The average Bonchev–Trinajstić information content (AvgIpc) is 2.47. The first-order valence-corrected chi connectivity index (χ1v) is 5.62. The molecule has 1 aromatic heterocycles. The number of anilines is 2. The zero-order valence-corrected chi connectivity index (χ0v) is 11.0. The Labute approximate surface area is 111 Å². The second-order valence-corrected chi connectivity index (χ2v) is 3.61. The van der Waals surface area contributed by atoms with Gasteiger partial charge in [0.2, 0.25) is 11.7 Å². The Balaban J connectivity index is 2.36. The Morgan fingerprint density at radius 1 is 0.895 bits per heavy atom. The van der Waals surface area contributed by atoms with Crippen molar-refractivity contribution in [1.82, 2.24) is 9.97 Å². The van der Waals surface area contributed by atoms with E-state index in [0.29, 0.717) is 23.2 Å². The molecule has 0 fully saturated rings. The highest BCUT2D eigenvalue weighted by Crippen LogP contribution is 2.40.